The van der Waals surface area contributed by atoms with Crippen molar-refractivity contribution in [3.8, 4) is 5.75 Å². The lowest BCUT2D eigenvalue weighted by Crippen LogP contribution is -2.37. The van der Waals surface area contributed by atoms with Crippen LogP contribution < -0.4 is 4.74 Å². The maximum absolute atomic E-state index is 12.7. The van der Waals surface area contributed by atoms with Crippen molar-refractivity contribution in [3.63, 3.8) is 0 Å². The summed E-state index contributed by atoms with van der Waals surface area (Å²) in [5.41, 5.74) is 3.60. The minimum absolute atomic E-state index is 0.165. The van der Waals surface area contributed by atoms with Gasteiger partial charge in [0.1, 0.15) is 12.3 Å². The summed E-state index contributed by atoms with van der Waals surface area (Å²) < 4.78 is 7.31. The van der Waals surface area contributed by atoms with Crippen molar-refractivity contribution >= 4 is 16.8 Å². The Morgan fingerprint density at radius 1 is 1.12 bits per heavy atom. The molecular weight excluding hydrogens is 300 g/mol. The van der Waals surface area contributed by atoms with Gasteiger partial charge >= 0.3 is 0 Å². The zero-order valence-corrected chi connectivity index (χ0v) is 13.7. The molecule has 4 rings (SSSR count). The Morgan fingerprint density at radius 2 is 2.00 bits per heavy atom. The quantitative estimate of drug-likeness (QED) is 0.742. The van der Waals surface area contributed by atoms with Crippen molar-refractivity contribution in [2.24, 2.45) is 0 Å². The molecule has 0 radical (unpaired) electrons. The minimum Gasteiger partial charge on any atom is -0.497 e. The second-order valence-electron chi connectivity index (χ2n) is 6.20. The molecule has 1 aliphatic heterocycles. The van der Waals surface area contributed by atoms with E-state index in [9.17, 15) is 4.79 Å². The molecule has 0 bridgehead atoms. The van der Waals surface area contributed by atoms with Crippen LogP contribution in [0.1, 0.15) is 11.1 Å². The van der Waals surface area contributed by atoms with Gasteiger partial charge in [-0.2, -0.15) is 0 Å². The SMILES string of the molecule is COc1ccc2c(c1)CCN(C(=O)Cn1ccc3ccccc31)C2. The molecule has 0 unspecified atom stereocenters. The van der Waals surface area contributed by atoms with Gasteiger partial charge in [-0.05, 0) is 47.2 Å². The van der Waals surface area contributed by atoms with Gasteiger partial charge in [-0.15, -0.1) is 0 Å². The molecule has 0 fully saturated rings. The Kier molecular flexibility index (Phi) is 3.73. The first-order valence-electron chi connectivity index (χ1n) is 8.22. The fourth-order valence-corrected chi connectivity index (χ4v) is 3.39. The summed E-state index contributed by atoms with van der Waals surface area (Å²) in [5, 5.41) is 1.17. The molecule has 0 aliphatic carbocycles. The maximum atomic E-state index is 12.7. The summed E-state index contributed by atoms with van der Waals surface area (Å²) in [6.45, 7) is 1.83. The molecule has 0 atom stereocenters. The van der Waals surface area contributed by atoms with E-state index in [1.165, 1.54) is 16.5 Å². The maximum Gasteiger partial charge on any atom is 0.242 e. The summed E-state index contributed by atoms with van der Waals surface area (Å²) in [5.74, 6) is 1.05. The van der Waals surface area contributed by atoms with E-state index in [-0.39, 0.29) is 5.91 Å². The topological polar surface area (TPSA) is 34.5 Å². The van der Waals surface area contributed by atoms with Gasteiger partial charge in [0, 0.05) is 24.8 Å². The zero-order valence-electron chi connectivity index (χ0n) is 13.7. The van der Waals surface area contributed by atoms with Gasteiger partial charge in [-0.3, -0.25) is 4.79 Å². The number of aromatic nitrogens is 1. The number of nitrogens with zero attached hydrogens (tertiary/aromatic N) is 2. The van der Waals surface area contributed by atoms with Crippen LogP contribution in [0.25, 0.3) is 10.9 Å². The number of carbonyl (C=O) groups excluding carboxylic acids is 1. The highest BCUT2D eigenvalue weighted by Crippen LogP contribution is 2.24. The summed E-state index contributed by atoms with van der Waals surface area (Å²) in [6, 6.07) is 16.3. The largest absolute Gasteiger partial charge is 0.497 e. The summed E-state index contributed by atoms with van der Waals surface area (Å²) in [6.07, 6.45) is 2.87. The number of hydrogen-bond acceptors (Lipinski definition) is 2. The second-order valence-corrected chi connectivity index (χ2v) is 6.20. The molecule has 0 saturated heterocycles. The number of carbonyl (C=O) groups is 1. The van der Waals surface area contributed by atoms with Crippen LogP contribution in [0, 0.1) is 0 Å². The van der Waals surface area contributed by atoms with E-state index in [1.54, 1.807) is 7.11 Å². The van der Waals surface area contributed by atoms with Crippen molar-refractivity contribution in [3.05, 3.63) is 65.9 Å². The highest BCUT2D eigenvalue weighted by molar-refractivity contribution is 5.83. The van der Waals surface area contributed by atoms with Gasteiger partial charge in [0.2, 0.25) is 5.91 Å². The van der Waals surface area contributed by atoms with Crippen molar-refractivity contribution in [1.82, 2.24) is 9.47 Å². The van der Waals surface area contributed by atoms with Crippen molar-refractivity contribution < 1.29 is 9.53 Å². The van der Waals surface area contributed by atoms with E-state index in [4.69, 9.17) is 4.74 Å². The van der Waals surface area contributed by atoms with Gasteiger partial charge < -0.3 is 14.2 Å². The van der Waals surface area contributed by atoms with Crippen LogP contribution >= 0.6 is 0 Å². The van der Waals surface area contributed by atoms with Crippen molar-refractivity contribution in [1.29, 1.82) is 0 Å². The number of amides is 1. The Bertz CT molecular complexity index is 898. The third-order valence-corrected chi connectivity index (χ3v) is 4.76. The first-order valence-corrected chi connectivity index (χ1v) is 8.22. The van der Waals surface area contributed by atoms with Gasteiger partial charge in [-0.25, -0.2) is 0 Å². The number of hydrogen-bond donors (Lipinski definition) is 0. The molecule has 1 aromatic heterocycles. The standard InChI is InChI=1S/C20H20N2O2/c1-24-18-7-6-17-13-22(11-9-16(17)12-18)20(23)14-21-10-8-15-4-2-3-5-19(15)21/h2-8,10,12H,9,11,13-14H2,1H3. The Labute approximate surface area is 141 Å². The lowest BCUT2D eigenvalue weighted by molar-refractivity contribution is -0.132. The molecule has 1 aliphatic rings. The highest BCUT2D eigenvalue weighted by atomic mass is 16.5. The summed E-state index contributed by atoms with van der Waals surface area (Å²) >= 11 is 0. The van der Waals surface area contributed by atoms with Gasteiger partial charge in [0.05, 0.1) is 7.11 Å². The van der Waals surface area contributed by atoms with E-state index < -0.39 is 0 Å². The van der Waals surface area contributed by atoms with Crippen LogP contribution in [0.5, 0.6) is 5.75 Å². The average molecular weight is 320 g/mol. The predicted octanol–water partition coefficient (Wildman–Crippen LogP) is 3.23. The molecule has 2 heterocycles. The molecule has 0 spiro atoms. The van der Waals surface area contributed by atoms with E-state index >= 15 is 0 Å². The molecule has 1 amide bonds. The molecular formula is C20H20N2O2. The summed E-state index contributed by atoms with van der Waals surface area (Å²) in [7, 11) is 1.68. The number of ether oxygens (including phenoxy) is 1. The smallest absolute Gasteiger partial charge is 0.242 e. The Morgan fingerprint density at radius 3 is 2.88 bits per heavy atom. The van der Waals surface area contributed by atoms with E-state index in [0.29, 0.717) is 13.1 Å². The van der Waals surface area contributed by atoms with Crippen LogP contribution in [-0.4, -0.2) is 29.0 Å². The van der Waals surface area contributed by atoms with E-state index in [1.807, 2.05) is 33.9 Å². The van der Waals surface area contributed by atoms with Crippen molar-refractivity contribution in [2.75, 3.05) is 13.7 Å². The molecule has 122 valence electrons. The fraction of sp³-hybridized carbons (Fsp3) is 0.250. The minimum atomic E-state index is 0.165. The normalized spacial score (nSPS) is 13.8. The van der Waals surface area contributed by atoms with E-state index in [2.05, 4.69) is 30.3 Å². The molecule has 0 N–H and O–H groups in total. The number of fused-ring (bicyclic) bond motifs is 2. The molecule has 4 heteroatoms. The first kappa shape index (κ1) is 14.8. The monoisotopic (exact) mass is 320 g/mol. The Hall–Kier alpha value is -2.75. The van der Waals surface area contributed by atoms with E-state index in [0.717, 1.165) is 24.2 Å². The average Bonchev–Trinajstić information content (AvgIpc) is 3.04. The third kappa shape index (κ3) is 2.64. The van der Waals surface area contributed by atoms with Gasteiger partial charge in [0.25, 0.3) is 0 Å². The number of methoxy groups -OCH3 is 1. The molecule has 2 aromatic carbocycles. The van der Waals surface area contributed by atoms with Crippen LogP contribution in [0.4, 0.5) is 0 Å². The molecule has 3 aromatic rings. The lowest BCUT2D eigenvalue weighted by atomic mass is 9.99. The lowest BCUT2D eigenvalue weighted by Gasteiger charge is -2.29. The number of benzene rings is 2. The highest BCUT2D eigenvalue weighted by Gasteiger charge is 2.21. The van der Waals surface area contributed by atoms with Crippen LogP contribution in [0.3, 0.4) is 0 Å². The summed E-state index contributed by atoms with van der Waals surface area (Å²) in [4.78, 5) is 14.7. The van der Waals surface area contributed by atoms with Crippen LogP contribution in [0.2, 0.25) is 0 Å². The van der Waals surface area contributed by atoms with Crippen LogP contribution in [0.15, 0.2) is 54.7 Å². The van der Waals surface area contributed by atoms with Gasteiger partial charge in [-0.1, -0.05) is 24.3 Å². The number of rotatable bonds is 3. The number of para-hydroxylation sites is 1. The zero-order chi connectivity index (χ0) is 16.5. The molecule has 4 nitrogen and oxygen atoms in total. The fourth-order valence-electron chi connectivity index (χ4n) is 3.39. The first-order chi connectivity index (χ1) is 11.7. The second kappa shape index (κ2) is 6.04. The molecule has 0 saturated carbocycles. The van der Waals surface area contributed by atoms with Crippen LogP contribution in [-0.2, 0) is 24.3 Å². The third-order valence-electron chi connectivity index (χ3n) is 4.76. The van der Waals surface area contributed by atoms with Crippen molar-refractivity contribution in [2.45, 2.75) is 19.5 Å². The van der Waals surface area contributed by atoms with Gasteiger partial charge in [0.15, 0.2) is 0 Å². The molecule has 24 heavy (non-hydrogen) atoms. The Balaban J connectivity index is 1.51. The predicted molar refractivity (Wildman–Crippen MR) is 94.1 cm³/mol.